The molecule has 0 aromatic rings. The Morgan fingerprint density at radius 3 is 2.74 bits per heavy atom. The highest BCUT2D eigenvalue weighted by atomic mass is 32.2. The standard InChI is InChI=1S/C10H17NO6S2/c1-17-9(12)3-2-6-19(15,16)11-4-5-18-7-8(11)10(13)14/h8H,2-7H2,1H3,(H,13,14). The predicted octanol–water partition coefficient (Wildman–Crippen LogP) is -0.229. The summed E-state index contributed by atoms with van der Waals surface area (Å²) in [6.07, 6.45) is 0.140. The van der Waals surface area contributed by atoms with Crippen LogP contribution in [0.5, 0.6) is 0 Å². The first kappa shape index (κ1) is 16.3. The van der Waals surface area contributed by atoms with Crippen LogP contribution >= 0.6 is 11.8 Å². The fourth-order valence-corrected chi connectivity index (χ4v) is 4.65. The van der Waals surface area contributed by atoms with Crippen molar-refractivity contribution in [1.29, 1.82) is 0 Å². The molecule has 1 saturated heterocycles. The number of thioether (sulfide) groups is 1. The van der Waals surface area contributed by atoms with E-state index in [4.69, 9.17) is 5.11 Å². The van der Waals surface area contributed by atoms with Crippen molar-refractivity contribution in [3.05, 3.63) is 0 Å². The van der Waals surface area contributed by atoms with Gasteiger partial charge in [0.2, 0.25) is 10.0 Å². The van der Waals surface area contributed by atoms with Crippen molar-refractivity contribution < 1.29 is 27.9 Å². The van der Waals surface area contributed by atoms with Crippen molar-refractivity contribution in [3.63, 3.8) is 0 Å². The number of hydrogen-bond donors (Lipinski definition) is 1. The number of rotatable bonds is 6. The van der Waals surface area contributed by atoms with Gasteiger partial charge in [-0.3, -0.25) is 9.59 Å². The lowest BCUT2D eigenvalue weighted by Crippen LogP contribution is -2.50. The largest absolute Gasteiger partial charge is 0.480 e. The number of methoxy groups -OCH3 is 1. The van der Waals surface area contributed by atoms with Crippen LogP contribution in [0.1, 0.15) is 12.8 Å². The maximum absolute atomic E-state index is 12.1. The molecule has 0 aromatic carbocycles. The highest BCUT2D eigenvalue weighted by molar-refractivity contribution is 7.99. The van der Waals surface area contributed by atoms with Crippen molar-refractivity contribution in [2.75, 3.05) is 30.9 Å². The number of sulfonamides is 1. The molecule has 19 heavy (non-hydrogen) atoms. The topological polar surface area (TPSA) is 101 Å². The van der Waals surface area contributed by atoms with Gasteiger partial charge in [0.1, 0.15) is 6.04 Å². The molecular weight excluding hydrogens is 294 g/mol. The smallest absolute Gasteiger partial charge is 0.322 e. The van der Waals surface area contributed by atoms with E-state index in [2.05, 4.69) is 4.74 Å². The molecule has 9 heteroatoms. The second-order valence-electron chi connectivity index (χ2n) is 4.04. The van der Waals surface area contributed by atoms with Gasteiger partial charge >= 0.3 is 11.9 Å². The predicted molar refractivity (Wildman–Crippen MR) is 70.5 cm³/mol. The van der Waals surface area contributed by atoms with Gasteiger partial charge in [0.15, 0.2) is 0 Å². The molecule has 0 spiro atoms. The molecule has 110 valence electrons. The Kier molecular flexibility index (Phi) is 6.08. The Morgan fingerprint density at radius 1 is 1.47 bits per heavy atom. The Morgan fingerprint density at radius 2 is 2.16 bits per heavy atom. The van der Waals surface area contributed by atoms with Gasteiger partial charge in [-0.05, 0) is 6.42 Å². The van der Waals surface area contributed by atoms with E-state index in [9.17, 15) is 18.0 Å². The number of esters is 1. The number of aliphatic carboxylic acids is 1. The fraction of sp³-hybridized carbons (Fsp3) is 0.800. The highest BCUT2D eigenvalue weighted by Gasteiger charge is 2.36. The van der Waals surface area contributed by atoms with Gasteiger partial charge < -0.3 is 9.84 Å². The lowest BCUT2D eigenvalue weighted by molar-refractivity contribution is -0.141. The summed E-state index contributed by atoms with van der Waals surface area (Å²) >= 11 is 1.42. The minimum Gasteiger partial charge on any atom is -0.480 e. The van der Waals surface area contributed by atoms with Crippen LogP contribution in [0.15, 0.2) is 0 Å². The summed E-state index contributed by atoms with van der Waals surface area (Å²) in [4.78, 5) is 22.0. The zero-order valence-electron chi connectivity index (χ0n) is 10.6. The summed E-state index contributed by atoms with van der Waals surface area (Å²) < 4.78 is 29.6. The van der Waals surface area contributed by atoms with Gasteiger partial charge in [0, 0.05) is 24.5 Å². The van der Waals surface area contributed by atoms with Crippen LogP contribution in [0, 0.1) is 0 Å². The maximum Gasteiger partial charge on any atom is 0.322 e. The molecule has 1 atom stereocenters. The zero-order valence-corrected chi connectivity index (χ0v) is 12.2. The molecule has 1 aliphatic rings. The van der Waals surface area contributed by atoms with Gasteiger partial charge in [0.05, 0.1) is 12.9 Å². The van der Waals surface area contributed by atoms with Crippen LogP contribution in [0.4, 0.5) is 0 Å². The number of nitrogens with zero attached hydrogens (tertiary/aromatic N) is 1. The third-order valence-corrected chi connectivity index (χ3v) is 5.71. The van der Waals surface area contributed by atoms with Crippen molar-refractivity contribution in [1.82, 2.24) is 4.31 Å². The van der Waals surface area contributed by atoms with E-state index >= 15 is 0 Å². The van der Waals surface area contributed by atoms with Gasteiger partial charge in [-0.1, -0.05) is 0 Å². The molecule has 0 saturated carbocycles. The van der Waals surface area contributed by atoms with E-state index in [1.165, 1.54) is 18.9 Å². The minimum absolute atomic E-state index is 0.00998. The van der Waals surface area contributed by atoms with E-state index < -0.39 is 28.0 Å². The van der Waals surface area contributed by atoms with E-state index in [0.717, 1.165) is 4.31 Å². The van der Waals surface area contributed by atoms with Crippen molar-refractivity contribution in [2.24, 2.45) is 0 Å². The third kappa shape index (κ3) is 4.66. The number of carboxylic acids is 1. The highest BCUT2D eigenvalue weighted by Crippen LogP contribution is 2.21. The average molecular weight is 311 g/mol. The van der Waals surface area contributed by atoms with Crippen molar-refractivity contribution in [2.45, 2.75) is 18.9 Å². The molecule has 0 aliphatic carbocycles. The Bertz CT molecular complexity index is 435. The van der Waals surface area contributed by atoms with Gasteiger partial charge in [-0.2, -0.15) is 16.1 Å². The first-order chi connectivity index (χ1) is 8.88. The molecule has 7 nitrogen and oxygen atoms in total. The maximum atomic E-state index is 12.1. The Hall–Kier alpha value is -0.800. The van der Waals surface area contributed by atoms with Crippen LogP contribution in [0.25, 0.3) is 0 Å². The van der Waals surface area contributed by atoms with Crippen LogP contribution in [-0.2, 0) is 24.3 Å². The molecule has 0 bridgehead atoms. The molecule has 1 rings (SSSR count). The summed E-state index contributed by atoms with van der Waals surface area (Å²) in [5, 5.41) is 9.03. The quantitative estimate of drug-likeness (QED) is 0.676. The zero-order chi connectivity index (χ0) is 14.5. The number of carbonyl (C=O) groups is 2. The van der Waals surface area contributed by atoms with E-state index in [1.54, 1.807) is 0 Å². The van der Waals surface area contributed by atoms with E-state index in [-0.39, 0.29) is 30.9 Å². The SMILES string of the molecule is COC(=O)CCCS(=O)(=O)N1CCSCC1C(=O)O. The average Bonchev–Trinajstić information content (AvgIpc) is 2.38. The van der Waals surface area contributed by atoms with Gasteiger partial charge in [-0.15, -0.1) is 0 Å². The second-order valence-corrected chi connectivity index (χ2v) is 7.23. The monoisotopic (exact) mass is 311 g/mol. The van der Waals surface area contributed by atoms with Crippen molar-refractivity contribution >= 4 is 33.7 Å². The third-order valence-electron chi connectivity index (χ3n) is 2.73. The molecule has 1 unspecified atom stereocenters. The molecule has 1 fully saturated rings. The van der Waals surface area contributed by atoms with Gasteiger partial charge in [0.25, 0.3) is 0 Å². The molecule has 0 amide bonds. The van der Waals surface area contributed by atoms with Crippen LogP contribution in [-0.4, -0.2) is 66.7 Å². The summed E-state index contributed by atoms with van der Waals surface area (Å²) in [6.45, 7) is 0.197. The number of hydrogen-bond acceptors (Lipinski definition) is 6. The molecular formula is C10H17NO6S2. The number of carbonyl (C=O) groups excluding carboxylic acids is 1. The normalized spacial score (nSPS) is 21.0. The first-order valence-corrected chi connectivity index (χ1v) is 8.51. The fourth-order valence-electron chi connectivity index (χ4n) is 1.73. The van der Waals surface area contributed by atoms with Crippen LogP contribution < -0.4 is 0 Å². The van der Waals surface area contributed by atoms with Crippen LogP contribution in [0.2, 0.25) is 0 Å². The van der Waals surface area contributed by atoms with E-state index in [1.807, 2.05) is 0 Å². The summed E-state index contributed by atoms with van der Waals surface area (Å²) in [7, 11) is -2.41. The van der Waals surface area contributed by atoms with Crippen molar-refractivity contribution in [3.8, 4) is 0 Å². The summed E-state index contributed by atoms with van der Waals surface area (Å²) in [5.74, 6) is -1.01. The lowest BCUT2D eigenvalue weighted by Gasteiger charge is -2.31. The summed E-state index contributed by atoms with van der Waals surface area (Å²) in [5.41, 5.74) is 0. The van der Waals surface area contributed by atoms with Gasteiger partial charge in [-0.25, -0.2) is 8.42 Å². The number of carboxylic acid groups (broad SMARTS) is 1. The molecule has 1 N–H and O–H groups in total. The number of ether oxygens (including phenoxy) is 1. The Balaban J connectivity index is 2.64. The minimum atomic E-state index is -3.65. The first-order valence-electron chi connectivity index (χ1n) is 5.75. The van der Waals surface area contributed by atoms with Crippen LogP contribution in [0.3, 0.4) is 0 Å². The molecule has 0 aromatic heterocycles. The summed E-state index contributed by atoms with van der Waals surface area (Å²) in [6, 6.07) is -1.01. The van der Waals surface area contributed by atoms with E-state index in [0.29, 0.717) is 5.75 Å². The molecule has 1 aliphatic heterocycles. The molecule has 1 heterocycles. The second kappa shape index (κ2) is 7.11. The Labute approximate surface area is 116 Å². The molecule has 0 radical (unpaired) electrons. The lowest BCUT2D eigenvalue weighted by atomic mass is 10.3.